The third kappa shape index (κ3) is 4.49. The molecule has 1 aliphatic rings. The van der Waals surface area contributed by atoms with Crippen LogP contribution in [0.4, 0.5) is 5.69 Å². The lowest BCUT2D eigenvalue weighted by Gasteiger charge is -2.31. The van der Waals surface area contributed by atoms with Crippen molar-refractivity contribution in [2.24, 2.45) is 11.7 Å². The zero-order valence-electron chi connectivity index (χ0n) is 15.7. The third-order valence-corrected chi connectivity index (χ3v) is 4.80. The molecule has 0 bridgehead atoms. The lowest BCUT2D eigenvalue weighted by Crippen LogP contribution is -2.40. The molecule has 0 radical (unpaired) electrons. The SMILES string of the molecule is NC(=O)c1nc(CN2CCC[C@H](C(=O)Nc3cccc(-n4cccn4)c3)C2)no1. The van der Waals surface area contributed by atoms with E-state index in [0.717, 1.165) is 30.8 Å². The van der Waals surface area contributed by atoms with Crippen LogP contribution in [0.3, 0.4) is 0 Å². The number of benzene rings is 1. The number of nitrogens with two attached hydrogens (primary N) is 1. The number of likely N-dealkylation sites (tertiary alicyclic amines) is 1. The van der Waals surface area contributed by atoms with Gasteiger partial charge in [-0.2, -0.15) is 10.1 Å². The summed E-state index contributed by atoms with van der Waals surface area (Å²) in [6.07, 6.45) is 5.24. The maximum Gasteiger partial charge on any atom is 0.315 e. The normalized spacial score (nSPS) is 17.2. The van der Waals surface area contributed by atoms with Crippen molar-refractivity contribution in [1.82, 2.24) is 24.8 Å². The van der Waals surface area contributed by atoms with Gasteiger partial charge in [0.2, 0.25) is 5.91 Å². The van der Waals surface area contributed by atoms with Gasteiger partial charge in [-0.3, -0.25) is 14.5 Å². The van der Waals surface area contributed by atoms with Crippen LogP contribution in [-0.2, 0) is 11.3 Å². The number of anilines is 1. The van der Waals surface area contributed by atoms with E-state index in [1.807, 2.05) is 36.5 Å². The number of hydrogen-bond acceptors (Lipinski definition) is 7. The Labute approximate surface area is 166 Å². The largest absolute Gasteiger partial charge is 0.361 e. The van der Waals surface area contributed by atoms with Gasteiger partial charge in [-0.05, 0) is 43.7 Å². The fourth-order valence-electron chi connectivity index (χ4n) is 3.42. The molecule has 0 spiro atoms. The predicted octanol–water partition coefficient (Wildman–Crippen LogP) is 1.20. The van der Waals surface area contributed by atoms with Crippen LogP contribution in [0.2, 0.25) is 0 Å². The van der Waals surface area contributed by atoms with E-state index in [9.17, 15) is 9.59 Å². The first-order valence-electron chi connectivity index (χ1n) is 9.34. The molecule has 0 saturated carbocycles. The molecule has 0 unspecified atom stereocenters. The van der Waals surface area contributed by atoms with Gasteiger partial charge in [0.25, 0.3) is 0 Å². The van der Waals surface area contributed by atoms with Crippen LogP contribution < -0.4 is 11.1 Å². The minimum Gasteiger partial charge on any atom is -0.361 e. The second-order valence-electron chi connectivity index (χ2n) is 6.94. The smallest absolute Gasteiger partial charge is 0.315 e. The lowest BCUT2D eigenvalue weighted by molar-refractivity contribution is -0.121. The van der Waals surface area contributed by atoms with Gasteiger partial charge in [0, 0.05) is 24.6 Å². The molecule has 3 heterocycles. The molecule has 2 amide bonds. The Bertz CT molecular complexity index is 999. The molecule has 0 aliphatic carbocycles. The summed E-state index contributed by atoms with van der Waals surface area (Å²) < 4.78 is 6.55. The van der Waals surface area contributed by atoms with E-state index in [-0.39, 0.29) is 17.7 Å². The van der Waals surface area contributed by atoms with Crippen LogP contribution in [0, 0.1) is 5.92 Å². The van der Waals surface area contributed by atoms with Gasteiger partial charge in [0.15, 0.2) is 5.82 Å². The molecule has 150 valence electrons. The summed E-state index contributed by atoms with van der Waals surface area (Å²) >= 11 is 0. The van der Waals surface area contributed by atoms with E-state index >= 15 is 0 Å². The highest BCUT2D eigenvalue weighted by Crippen LogP contribution is 2.21. The van der Waals surface area contributed by atoms with E-state index in [1.165, 1.54) is 0 Å². The molecule has 2 aromatic heterocycles. The fourth-order valence-corrected chi connectivity index (χ4v) is 3.42. The summed E-state index contributed by atoms with van der Waals surface area (Å²) in [5, 5.41) is 11.0. The first kappa shape index (κ1) is 18.8. The maximum atomic E-state index is 12.8. The van der Waals surface area contributed by atoms with Crippen LogP contribution in [0.1, 0.15) is 29.4 Å². The van der Waals surface area contributed by atoms with Crippen molar-refractivity contribution >= 4 is 17.5 Å². The Hall–Kier alpha value is -3.53. The predicted molar refractivity (Wildman–Crippen MR) is 103 cm³/mol. The molecule has 29 heavy (non-hydrogen) atoms. The topological polar surface area (TPSA) is 132 Å². The van der Waals surface area contributed by atoms with Crippen molar-refractivity contribution < 1.29 is 14.1 Å². The highest BCUT2D eigenvalue weighted by molar-refractivity contribution is 5.93. The van der Waals surface area contributed by atoms with Crippen LogP contribution >= 0.6 is 0 Å². The second kappa shape index (κ2) is 8.23. The minimum absolute atomic E-state index is 0.0294. The van der Waals surface area contributed by atoms with Gasteiger partial charge in [0.1, 0.15) is 0 Å². The van der Waals surface area contributed by atoms with Crippen LogP contribution in [0.15, 0.2) is 47.2 Å². The molecule has 1 fully saturated rings. The first-order valence-corrected chi connectivity index (χ1v) is 9.34. The Morgan fingerprint density at radius 3 is 2.97 bits per heavy atom. The molecule has 3 N–H and O–H groups in total. The lowest BCUT2D eigenvalue weighted by atomic mass is 9.97. The number of carbonyl (C=O) groups excluding carboxylic acids is 2. The molecule has 1 aromatic carbocycles. The molecule has 1 saturated heterocycles. The van der Waals surface area contributed by atoms with E-state index < -0.39 is 5.91 Å². The number of nitrogens with zero attached hydrogens (tertiary/aromatic N) is 5. The number of aromatic nitrogens is 4. The summed E-state index contributed by atoms with van der Waals surface area (Å²) in [7, 11) is 0. The molecule has 10 nitrogen and oxygen atoms in total. The molecule has 4 rings (SSSR count). The van der Waals surface area contributed by atoms with Crippen LogP contribution in [0.25, 0.3) is 5.69 Å². The van der Waals surface area contributed by atoms with Gasteiger partial charge in [-0.25, -0.2) is 4.68 Å². The maximum absolute atomic E-state index is 12.8. The van der Waals surface area contributed by atoms with Crippen molar-refractivity contribution in [3.63, 3.8) is 0 Å². The highest BCUT2D eigenvalue weighted by atomic mass is 16.5. The van der Waals surface area contributed by atoms with Crippen LogP contribution in [-0.4, -0.2) is 49.7 Å². The number of carbonyl (C=O) groups is 2. The first-order chi connectivity index (χ1) is 14.1. The number of amides is 2. The second-order valence-corrected chi connectivity index (χ2v) is 6.94. The van der Waals surface area contributed by atoms with Crippen molar-refractivity contribution in [3.05, 3.63) is 54.4 Å². The molecule has 1 aliphatic heterocycles. The summed E-state index contributed by atoms with van der Waals surface area (Å²) in [4.78, 5) is 29.9. The van der Waals surface area contributed by atoms with E-state index in [2.05, 4.69) is 25.5 Å². The minimum atomic E-state index is -0.753. The van der Waals surface area contributed by atoms with Crippen LogP contribution in [0.5, 0.6) is 0 Å². The van der Waals surface area contributed by atoms with Crippen molar-refractivity contribution in [1.29, 1.82) is 0 Å². The summed E-state index contributed by atoms with van der Waals surface area (Å²) in [5.74, 6) is -0.759. The van der Waals surface area contributed by atoms with Gasteiger partial charge in [-0.15, -0.1) is 0 Å². The number of rotatable bonds is 6. The quantitative estimate of drug-likeness (QED) is 0.641. The molecule has 10 heteroatoms. The summed E-state index contributed by atoms with van der Waals surface area (Å²) in [6.45, 7) is 1.79. The third-order valence-electron chi connectivity index (χ3n) is 4.80. The molecule has 1 atom stereocenters. The highest BCUT2D eigenvalue weighted by Gasteiger charge is 2.27. The van der Waals surface area contributed by atoms with Crippen molar-refractivity contribution in [2.75, 3.05) is 18.4 Å². The monoisotopic (exact) mass is 395 g/mol. The Kier molecular flexibility index (Phi) is 5.34. The number of piperidine rings is 1. The average Bonchev–Trinajstić information content (AvgIpc) is 3.41. The van der Waals surface area contributed by atoms with Crippen molar-refractivity contribution in [2.45, 2.75) is 19.4 Å². The standard InChI is InChI=1S/C19H21N7O3/c20-17(27)19-23-16(24-29-19)12-25-8-2-4-13(11-25)18(28)22-14-5-1-6-15(10-14)26-9-3-7-21-26/h1,3,5-7,9-10,13H,2,4,8,11-12H2,(H2,20,27)(H,22,28)/t13-/m0/s1. The Morgan fingerprint density at radius 2 is 2.21 bits per heavy atom. The van der Waals surface area contributed by atoms with Gasteiger partial charge in [0.05, 0.1) is 18.2 Å². The average molecular weight is 395 g/mol. The summed E-state index contributed by atoms with van der Waals surface area (Å²) in [6, 6.07) is 9.40. The zero-order chi connectivity index (χ0) is 20.2. The number of primary amides is 1. The van der Waals surface area contributed by atoms with E-state index in [4.69, 9.17) is 10.3 Å². The zero-order valence-corrected chi connectivity index (χ0v) is 15.7. The Morgan fingerprint density at radius 1 is 1.31 bits per heavy atom. The fraction of sp³-hybridized carbons (Fsp3) is 0.316. The van der Waals surface area contributed by atoms with Gasteiger partial charge >= 0.3 is 11.8 Å². The molecular weight excluding hydrogens is 374 g/mol. The van der Waals surface area contributed by atoms with E-state index in [1.54, 1.807) is 10.9 Å². The number of nitrogens with one attached hydrogen (secondary N) is 1. The van der Waals surface area contributed by atoms with Gasteiger partial charge in [-0.1, -0.05) is 11.2 Å². The number of hydrogen-bond donors (Lipinski definition) is 2. The van der Waals surface area contributed by atoms with Crippen molar-refractivity contribution in [3.8, 4) is 5.69 Å². The summed E-state index contributed by atoms with van der Waals surface area (Å²) in [5.41, 5.74) is 6.73. The van der Waals surface area contributed by atoms with Gasteiger partial charge < -0.3 is 15.6 Å². The Balaban J connectivity index is 1.37. The molecular formula is C19H21N7O3. The molecule has 3 aromatic rings. The van der Waals surface area contributed by atoms with E-state index in [0.29, 0.717) is 18.9 Å².